The van der Waals surface area contributed by atoms with Crippen LogP contribution in [0, 0.1) is 0 Å². The van der Waals surface area contributed by atoms with Gasteiger partial charge in [0.2, 0.25) is 0 Å². The average molecular weight is 961 g/mol. The van der Waals surface area contributed by atoms with Gasteiger partial charge in [0.05, 0.1) is 22.1 Å². The molecule has 0 N–H and O–H groups in total. The molecule has 0 bridgehead atoms. The van der Waals surface area contributed by atoms with Crippen LogP contribution >= 0.6 is 0 Å². The summed E-state index contributed by atoms with van der Waals surface area (Å²) in [5.41, 5.74) is 26.3. The van der Waals surface area contributed by atoms with E-state index >= 15 is 0 Å². The minimum atomic E-state index is -0.129. The van der Waals surface area contributed by atoms with Crippen LogP contribution in [0.1, 0.15) is 49.9 Å². The number of fused-ring (bicyclic) bond motifs is 12. The Bertz CT molecular complexity index is 4300. The topological polar surface area (TPSA) is 21.3 Å². The van der Waals surface area contributed by atoms with E-state index in [1.54, 1.807) is 0 Å². The predicted molar refractivity (Wildman–Crippen MR) is 314 cm³/mol. The summed E-state index contributed by atoms with van der Waals surface area (Å²) in [4.78, 5) is 2.42. The second-order valence-electron chi connectivity index (χ2n) is 21.6. The van der Waals surface area contributed by atoms with Crippen LogP contribution in [-0.4, -0.2) is 4.57 Å². The van der Waals surface area contributed by atoms with E-state index in [1.807, 2.05) is 0 Å². The van der Waals surface area contributed by atoms with E-state index in [2.05, 4.69) is 280 Å². The number of hydrogen-bond acceptors (Lipinski definition) is 2. The fourth-order valence-electron chi connectivity index (χ4n) is 13.4. The van der Waals surface area contributed by atoms with Gasteiger partial charge in [-0.2, -0.15) is 0 Å². The molecule has 0 unspecified atom stereocenters. The van der Waals surface area contributed by atoms with Gasteiger partial charge in [0.15, 0.2) is 0 Å². The van der Waals surface area contributed by atoms with Crippen molar-refractivity contribution in [3.63, 3.8) is 0 Å². The molecular weight excluding hydrogens is 909 g/mol. The molecule has 0 atom stereocenters. The molecule has 0 saturated carbocycles. The maximum atomic E-state index is 6.79. The molecule has 13 aromatic rings. The van der Waals surface area contributed by atoms with Crippen molar-refractivity contribution in [2.75, 3.05) is 4.90 Å². The minimum absolute atomic E-state index is 0.129. The number of para-hydroxylation sites is 2. The minimum Gasteiger partial charge on any atom is -0.456 e. The van der Waals surface area contributed by atoms with E-state index in [0.29, 0.717) is 0 Å². The molecule has 3 heteroatoms. The lowest BCUT2D eigenvalue weighted by Gasteiger charge is -2.28. The molecule has 2 aliphatic rings. The maximum Gasteiger partial charge on any atom is 0.137 e. The Hall–Kier alpha value is -9.18. The van der Waals surface area contributed by atoms with E-state index in [4.69, 9.17) is 4.42 Å². The first-order valence-electron chi connectivity index (χ1n) is 26.2. The van der Waals surface area contributed by atoms with Gasteiger partial charge in [-0.25, -0.2) is 0 Å². The summed E-state index contributed by atoms with van der Waals surface area (Å²) in [5.74, 6) is 0. The number of nitrogens with zero attached hydrogens (tertiary/aromatic N) is 2. The summed E-state index contributed by atoms with van der Waals surface area (Å²) < 4.78 is 9.16. The van der Waals surface area contributed by atoms with Crippen molar-refractivity contribution in [3.8, 4) is 61.3 Å². The van der Waals surface area contributed by atoms with Crippen LogP contribution in [0.15, 0.2) is 247 Å². The number of benzene rings is 11. The highest BCUT2D eigenvalue weighted by atomic mass is 16.3. The van der Waals surface area contributed by atoms with Gasteiger partial charge in [-0.05, 0) is 157 Å². The number of anilines is 3. The SMILES string of the molecule is CC1(C)c2ccccc2-c2cccc(-c3ccc(N(c4ccc(-c5cccc6c5C(C)(C)c5ccccc5-6)cc4)c4cccc5oc6ccc(-c7ccc8c(c7)c7ccccc7n8-c7ccccc7)cc6c45)cc3)c21. The van der Waals surface area contributed by atoms with Crippen molar-refractivity contribution >= 4 is 60.8 Å². The molecule has 15 rings (SSSR count). The smallest absolute Gasteiger partial charge is 0.137 e. The van der Waals surface area contributed by atoms with Crippen molar-refractivity contribution in [1.29, 1.82) is 0 Å². The van der Waals surface area contributed by atoms with Gasteiger partial charge >= 0.3 is 0 Å². The number of aromatic nitrogens is 1. The van der Waals surface area contributed by atoms with Gasteiger partial charge in [0, 0.05) is 44.1 Å². The van der Waals surface area contributed by atoms with Crippen LogP contribution in [-0.2, 0) is 10.8 Å². The second-order valence-corrected chi connectivity index (χ2v) is 21.6. The van der Waals surface area contributed by atoms with Crippen molar-refractivity contribution < 1.29 is 4.42 Å². The summed E-state index contributed by atoms with van der Waals surface area (Å²) >= 11 is 0. The molecule has 0 radical (unpaired) electrons. The molecule has 0 fully saturated rings. The highest BCUT2D eigenvalue weighted by Crippen LogP contribution is 2.54. The summed E-state index contributed by atoms with van der Waals surface area (Å²) in [5, 5.41) is 4.61. The van der Waals surface area contributed by atoms with Crippen LogP contribution < -0.4 is 4.90 Å². The third-order valence-electron chi connectivity index (χ3n) is 16.8. The number of rotatable bonds is 7. The summed E-state index contributed by atoms with van der Waals surface area (Å²) in [6.07, 6.45) is 0. The van der Waals surface area contributed by atoms with Crippen molar-refractivity contribution in [2.45, 2.75) is 38.5 Å². The standard InChI is InChI=1S/C72H52N2O/c1-71(2)61-26-11-8-19-54(61)57-24-14-22-52(69(57)71)45-31-37-50(38-32-45)73(51-39-33-46(34-40-51)53-23-15-25-58-55-20-9-12-27-62(55)72(3,4)70(53)58)65-29-16-30-67-68(65)60-44-48(36-42-66(60)75-67)47-35-41-64-59(43-47)56-21-10-13-28-63(56)74(64)49-17-6-5-7-18-49/h5-44H,1-4H3. The Morgan fingerprint density at radius 3 is 1.45 bits per heavy atom. The van der Waals surface area contributed by atoms with Gasteiger partial charge in [0.25, 0.3) is 0 Å². The first-order valence-corrected chi connectivity index (χ1v) is 26.2. The fourth-order valence-corrected chi connectivity index (χ4v) is 13.4. The third-order valence-corrected chi connectivity index (χ3v) is 16.8. The molecular formula is C72H52N2O. The Kier molecular flexibility index (Phi) is 9.35. The Morgan fingerprint density at radius 2 is 0.827 bits per heavy atom. The third kappa shape index (κ3) is 6.41. The van der Waals surface area contributed by atoms with E-state index in [-0.39, 0.29) is 10.8 Å². The molecule has 3 nitrogen and oxygen atoms in total. The summed E-state index contributed by atoms with van der Waals surface area (Å²) in [7, 11) is 0. The van der Waals surface area contributed by atoms with Crippen LogP contribution in [0.5, 0.6) is 0 Å². The zero-order valence-electron chi connectivity index (χ0n) is 42.4. The van der Waals surface area contributed by atoms with Gasteiger partial charge < -0.3 is 13.9 Å². The summed E-state index contributed by atoms with van der Waals surface area (Å²) in [6, 6.07) is 89.4. The maximum absolute atomic E-state index is 6.79. The first kappa shape index (κ1) is 43.4. The van der Waals surface area contributed by atoms with E-state index < -0.39 is 0 Å². The van der Waals surface area contributed by atoms with Gasteiger partial charge in [-0.15, -0.1) is 0 Å². The van der Waals surface area contributed by atoms with Crippen LogP contribution in [0.3, 0.4) is 0 Å². The molecule has 0 aliphatic heterocycles. The fraction of sp³-hybridized carbons (Fsp3) is 0.0833. The largest absolute Gasteiger partial charge is 0.456 e. The van der Waals surface area contributed by atoms with E-state index in [9.17, 15) is 0 Å². The quantitative estimate of drug-likeness (QED) is 0.159. The van der Waals surface area contributed by atoms with Crippen LogP contribution in [0.25, 0.3) is 105 Å². The lowest BCUT2D eigenvalue weighted by atomic mass is 9.79. The van der Waals surface area contributed by atoms with Gasteiger partial charge in [-0.1, -0.05) is 191 Å². The molecule has 75 heavy (non-hydrogen) atoms. The molecule has 356 valence electrons. The lowest BCUT2D eigenvalue weighted by molar-refractivity contribution is 0.662. The first-order chi connectivity index (χ1) is 36.7. The van der Waals surface area contributed by atoms with Gasteiger partial charge in [-0.3, -0.25) is 0 Å². The molecule has 11 aromatic carbocycles. The summed E-state index contributed by atoms with van der Waals surface area (Å²) in [6.45, 7) is 9.48. The normalized spacial score (nSPS) is 13.8. The lowest BCUT2D eigenvalue weighted by Crippen LogP contribution is -2.16. The van der Waals surface area contributed by atoms with Crippen molar-refractivity contribution in [2.24, 2.45) is 0 Å². The zero-order chi connectivity index (χ0) is 50.2. The average Bonchev–Trinajstić information content (AvgIpc) is 4.15. The van der Waals surface area contributed by atoms with E-state index in [0.717, 1.165) is 55.8 Å². The molecule has 0 saturated heterocycles. The monoisotopic (exact) mass is 960 g/mol. The zero-order valence-corrected chi connectivity index (χ0v) is 42.4. The Morgan fingerprint density at radius 1 is 0.347 bits per heavy atom. The molecule has 2 aromatic heterocycles. The number of hydrogen-bond donors (Lipinski definition) is 0. The highest BCUT2D eigenvalue weighted by molar-refractivity contribution is 6.15. The second kappa shape index (κ2) is 16.2. The van der Waals surface area contributed by atoms with Gasteiger partial charge in [0.1, 0.15) is 11.2 Å². The molecule has 0 amide bonds. The Balaban J connectivity index is 0.884. The van der Waals surface area contributed by atoms with E-state index in [1.165, 1.54) is 88.6 Å². The van der Waals surface area contributed by atoms with Crippen molar-refractivity contribution in [3.05, 3.63) is 265 Å². The highest BCUT2D eigenvalue weighted by Gasteiger charge is 2.38. The van der Waals surface area contributed by atoms with Crippen molar-refractivity contribution in [1.82, 2.24) is 4.57 Å². The molecule has 2 heterocycles. The predicted octanol–water partition coefficient (Wildman–Crippen LogP) is 19.8. The number of furan rings is 1. The molecule has 0 spiro atoms. The Labute approximate surface area is 437 Å². The molecule has 2 aliphatic carbocycles. The van der Waals surface area contributed by atoms with Crippen LogP contribution in [0.2, 0.25) is 0 Å². The van der Waals surface area contributed by atoms with Crippen LogP contribution in [0.4, 0.5) is 17.1 Å².